The molecule has 6 heteroatoms. The first-order valence-electron chi connectivity index (χ1n) is 9.83. The predicted octanol–water partition coefficient (Wildman–Crippen LogP) is 5.33. The molecule has 0 spiro atoms. The largest absolute Gasteiger partial charge is 0.373 e. The molecule has 0 saturated heterocycles. The third-order valence-electron chi connectivity index (χ3n) is 5.58. The van der Waals surface area contributed by atoms with Crippen molar-refractivity contribution in [3.63, 3.8) is 0 Å². The third kappa shape index (κ3) is 3.03. The molecule has 1 aromatic heterocycles. The molecule has 3 aromatic carbocycles. The molecular weight excluding hydrogens is 376 g/mol. The molecule has 0 saturated carbocycles. The number of aromatic nitrogens is 2. The summed E-state index contributed by atoms with van der Waals surface area (Å²) in [4.78, 5) is 15.6. The zero-order valence-corrected chi connectivity index (χ0v) is 16.4. The van der Waals surface area contributed by atoms with Crippen LogP contribution in [0.4, 0.5) is 11.4 Å². The van der Waals surface area contributed by atoms with Gasteiger partial charge in [0.2, 0.25) is 0 Å². The van der Waals surface area contributed by atoms with Crippen LogP contribution in [0.5, 0.6) is 0 Å². The SMILES string of the molecule is Cc1nc(-c2ccccc2)n2c1C(c1ccc([N+](=O)[O-])cc1)Nc1ccccc1C2. The molecule has 1 unspecified atom stereocenters. The molecule has 0 fully saturated rings. The van der Waals surface area contributed by atoms with Gasteiger partial charge in [-0.25, -0.2) is 4.98 Å². The van der Waals surface area contributed by atoms with Crippen LogP contribution in [-0.4, -0.2) is 14.5 Å². The lowest BCUT2D eigenvalue weighted by molar-refractivity contribution is -0.384. The zero-order valence-electron chi connectivity index (χ0n) is 16.4. The number of para-hydroxylation sites is 1. The first kappa shape index (κ1) is 18.1. The number of fused-ring (bicyclic) bond motifs is 2. The number of benzene rings is 3. The quantitative estimate of drug-likeness (QED) is 0.375. The number of anilines is 1. The van der Waals surface area contributed by atoms with Gasteiger partial charge in [0.15, 0.2) is 0 Å². The van der Waals surface area contributed by atoms with E-state index in [4.69, 9.17) is 4.98 Å². The van der Waals surface area contributed by atoms with E-state index in [2.05, 4.69) is 34.1 Å². The van der Waals surface area contributed by atoms with E-state index < -0.39 is 0 Å². The fourth-order valence-corrected chi connectivity index (χ4v) is 4.14. The lowest BCUT2D eigenvalue weighted by atomic mass is 10.0. The van der Waals surface area contributed by atoms with Gasteiger partial charge >= 0.3 is 0 Å². The average molecular weight is 396 g/mol. The summed E-state index contributed by atoms with van der Waals surface area (Å²) in [6.45, 7) is 2.72. The average Bonchev–Trinajstić information content (AvgIpc) is 2.99. The van der Waals surface area contributed by atoms with E-state index in [1.54, 1.807) is 12.1 Å². The van der Waals surface area contributed by atoms with Crippen LogP contribution in [0.25, 0.3) is 11.4 Å². The van der Waals surface area contributed by atoms with Crippen LogP contribution in [0.3, 0.4) is 0 Å². The van der Waals surface area contributed by atoms with Crippen LogP contribution in [0.1, 0.15) is 28.6 Å². The van der Waals surface area contributed by atoms with E-state index in [-0.39, 0.29) is 16.7 Å². The number of nitrogens with one attached hydrogen (secondary N) is 1. The first-order chi connectivity index (χ1) is 14.6. The summed E-state index contributed by atoms with van der Waals surface area (Å²) >= 11 is 0. The molecule has 148 valence electrons. The summed E-state index contributed by atoms with van der Waals surface area (Å²) in [5, 5.41) is 14.8. The maximum Gasteiger partial charge on any atom is 0.269 e. The third-order valence-corrected chi connectivity index (χ3v) is 5.58. The van der Waals surface area contributed by atoms with E-state index in [0.717, 1.165) is 34.0 Å². The number of nitro benzene ring substituents is 1. The van der Waals surface area contributed by atoms with E-state index in [9.17, 15) is 10.1 Å². The summed E-state index contributed by atoms with van der Waals surface area (Å²) in [6, 6.07) is 25.0. The summed E-state index contributed by atoms with van der Waals surface area (Å²) in [6.07, 6.45) is 0. The number of aryl methyl sites for hydroxylation is 1. The van der Waals surface area contributed by atoms with Gasteiger partial charge in [0.05, 0.1) is 28.9 Å². The van der Waals surface area contributed by atoms with Gasteiger partial charge in [-0.05, 0) is 36.2 Å². The van der Waals surface area contributed by atoms with Gasteiger partial charge in [-0.1, -0.05) is 48.5 Å². The van der Waals surface area contributed by atoms with Gasteiger partial charge < -0.3 is 9.88 Å². The second-order valence-corrected chi connectivity index (χ2v) is 7.44. The van der Waals surface area contributed by atoms with Crippen molar-refractivity contribution in [2.75, 3.05) is 5.32 Å². The molecule has 0 amide bonds. The van der Waals surface area contributed by atoms with Crippen molar-refractivity contribution in [1.82, 2.24) is 9.55 Å². The second-order valence-electron chi connectivity index (χ2n) is 7.44. The van der Waals surface area contributed by atoms with Crippen molar-refractivity contribution in [3.8, 4) is 11.4 Å². The van der Waals surface area contributed by atoms with Gasteiger partial charge in [0.1, 0.15) is 5.82 Å². The Hall–Kier alpha value is -3.93. The normalized spacial score (nSPS) is 14.9. The molecule has 5 rings (SSSR count). The minimum absolute atomic E-state index is 0.0861. The van der Waals surface area contributed by atoms with Crippen LogP contribution in [0.15, 0.2) is 78.9 Å². The number of rotatable bonds is 3. The Bertz CT molecular complexity index is 1230. The highest BCUT2D eigenvalue weighted by molar-refractivity contribution is 5.62. The lowest BCUT2D eigenvalue weighted by Gasteiger charge is -2.20. The monoisotopic (exact) mass is 396 g/mol. The van der Waals surface area contributed by atoms with E-state index >= 15 is 0 Å². The van der Waals surface area contributed by atoms with Gasteiger partial charge in [0.25, 0.3) is 5.69 Å². The summed E-state index contributed by atoms with van der Waals surface area (Å²) in [7, 11) is 0. The minimum atomic E-state index is -0.372. The van der Waals surface area contributed by atoms with Crippen LogP contribution < -0.4 is 5.32 Å². The highest BCUT2D eigenvalue weighted by Gasteiger charge is 2.28. The van der Waals surface area contributed by atoms with E-state index in [1.807, 2.05) is 49.4 Å². The molecule has 4 aromatic rings. The summed E-state index contributed by atoms with van der Waals surface area (Å²) in [5.74, 6) is 0.925. The highest BCUT2D eigenvalue weighted by Crippen LogP contribution is 2.37. The fourth-order valence-electron chi connectivity index (χ4n) is 4.14. The highest BCUT2D eigenvalue weighted by atomic mass is 16.6. The second kappa shape index (κ2) is 7.15. The number of non-ortho nitro benzene ring substituents is 1. The molecule has 1 atom stereocenters. The van der Waals surface area contributed by atoms with Crippen molar-refractivity contribution in [2.24, 2.45) is 0 Å². The maximum absolute atomic E-state index is 11.1. The van der Waals surface area contributed by atoms with Crippen molar-refractivity contribution in [3.05, 3.63) is 111 Å². The molecule has 1 N–H and O–H groups in total. The van der Waals surface area contributed by atoms with E-state index in [1.165, 1.54) is 5.56 Å². The summed E-state index contributed by atoms with van der Waals surface area (Å²) in [5.41, 5.74) is 6.36. The lowest BCUT2D eigenvalue weighted by Crippen LogP contribution is -2.15. The van der Waals surface area contributed by atoms with Gasteiger partial charge in [-0.3, -0.25) is 10.1 Å². The molecule has 2 heterocycles. The molecule has 30 heavy (non-hydrogen) atoms. The molecule has 1 aliphatic heterocycles. The topological polar surface area (TPSA) is 73.0 Å². The predicted molar refractivity (Wildman–Crippen MR) is 117 cm³/mol. The van der Waals surface area contributed by atoms with Gasteiger partial charge in [-0.2, -0.15) is 0 Å². The van der Waals surface area contributed by atoms with Gasteiger partial charge in [-0.15, -0.1) is 0 Å². The molecule has 6 nitrogen and oxygen atoms in total. The maximum atomic E-state index is 11.1. The van der Waals surface area contributed by atoms with Crippen molar-refractivity contribution >= 4 is 11.4 Å². The molecule has 0 bridgehead atoms. The Morgan fingerprint density at radius 3 is 2.43 bits per heavy atom. The zero-order chi connectivity index (χ0) is 20.7. The Kier molecular flexibility index (Phi) is 4.32. The number of hydrogen-bond acceptors (Lipinski definition) is 4. The number of nitro groups is 1. The van der Waals surface area contributed by atoms with Crippen LogP contribution in [0.2, 0.25) is 0 Å². The minimum Gasteiger partial charge on any atom is -0.373 e. The number of hydrogen-bond donors (Lipinski definition) is 1. The molecule has 1 aliphatic rings. The standard InChI is InChI=1S/C24H20N4O2/c1-16-23-22(17-11-13-20(14-12-17)28(29)30)26-21-10-6-5-9-19(21)15-27(23)24(25-16)18-7-3-2-4-8-18/h2-14,22,26H,15H2,1H3. The fraction of sp³-hybridized carbons (Fsp3) is 0.125. The Balaban J connectivity index is 1.71. The number of nitrogens with zero attached hydrogens (tertiary/aromatic N) is 3. The van der Waals surface area contributed by atoms with Crippen LogP contribution in [0, 0.1) is 17.0 Å². The molecule has 0 radical (unpaired) electrons. The van der Waals surface area contributed by atoms with Crippen LogP contribution in [-0.2, 0) is 6.54 Å². The first-order valence-corrected chi connectivity index (χ1v) is 9.83. The molecule has 0 aliphatic carbocycles. The van der Waals surface area contributed by atoms with Crippen LogP contribution >= 0.6 is 0 Å². The Labute approximate surface area is 174 Å². The number of imidazole rings is 1. The Morgan fingerprint density at radius 1 is 1.00 bits per heavy atom. The van der Waals surface area contributed by atoms with Gasteiger partial charge in [0, 0.05) is 23.4 Å². The Morgan fingerprint density at radius 2 is 1.70 bits per heavy atom. The van der Waals surface area contributed by atoms with Crippen molar-refractivity contribution in [2.45, 2.75) is 19.5 Å². The van der Waals surface area contributed by atoms with Crippen molar-refractivity contribution < 1.29 is 4.92 Å². The summed E-state index contributed by atoms with van der Waals surface area (Å²) < 4.78 is 2.26. The smallest absolute Gasteiger partial charge is 0.269 e. The van der Waals surface area contributed by atoms with E-state index in [0.29, 0.717) is 6.54 Å². The molecular formula is C24H20N4O2. The van der Waals surface area contributed by atoms with Crippen molar-refractivity contribution in [1.29, 1.82) is 0 Å².